The van der Waals surface area contributed by atoms with Crippen molar-refractivity contribution >= 4 is 39.4 Å². The van der Waals surface area contributed by atoms with Gasteiger partial charge in [-0.25, -0.2) is 4.98 Å². The van der Waals surface area contributed by atoms with Crippen LogP contribution in [0, 0.1) is 3.57 Å². The van der Waals surface area contributed by atoms with Crippen LogP contribution in [0.3, 0.4) is 0 Å². The number of amides is 1. The minimum atomic E-state index is -0.176. The number of carbonyl (C=O) groups is 1. The lowest BCUT2D eigenvalue weighted by Crippen LogP contribution is -2.19. The fourth-order valence-corrected chi connectivity index (χ4v) is 1.86. The highest BCUT2D eigenvalue weighted by atomic mass is 127. The molecule has 0 radical (unpaired) electrons. The zero-order valence-electron chi connectivity index (χ0n) is 7.99. The maximum atomic E-state index is 11.4. The molecule has 0 fully saturated rings. The summed E-state index contributed by atoms with van der Waals surface area (Å²) in [5.41, 5.74) is 1.24. The highest BCUT2D eigenvalue weighted by molar-refractivity contribution is 14.1. The van der Waals surface area contributed by atoms with E-state index in [4.69, 9.17) is 0 Å². The highest BCUT2D eigenvalue weighted by Crippen LogP contribution is 2.17. The van der Waals surface area contributed by atoms with Crippen molar-refractivity contribution in [3.63, 3.8) is 0 Å². The molecule has 2 rings (SSSR count). The number of fused-ring (bicyclic) bond motifs is 1. The van der Waals surface area contributed by atoms with Gasteiger partial charge in [-0.1, -0.05) is 0 Å². The predicted molar refractivity (Wildman–Crippen MR) is 65.6 cm³/mol. The summed E-state index contributed by atoms with van der Waals surface area (Å²) in [7, 11) is 1.59. The first-order valence-electron chi connectivity index (χ1n) is 4.34. The lowest BCUT2D eigenvalue weighted by Gasteiger charge is -2.02. The van der Waals surface area contributed by atoms with Crippen molar-refractivity contribution in [3.05, 3.63) is 33.8 Å². The van der Waals surface area contributed by atoms with E-state index >= 15 is 0 Å². The van der Waals surface area contributed by atoms with E-state index in [0.717, 1.165) is 14.5 Å². The van der Waals surface area contributed by atoms with E-state index in [9.17, 15) is 4.79 Å². The normalized spacial score (nSPS) is 10.3. The second kappa shape index (κ2) is 4.09. The Labute approximate surface area is 100 Å². The van der Waals surface area contributed by atoms with E-state index in [1.807, 2.05) is 6.07 Å². The number of hydrogen-bond donors (Lipinski definition) is 1. The number of pyridine rings is 2. The van der Waals surface area contributed by atoms with Crippen LogP contribution in [0.15, 0.2) is 24.5 Å². The number of rotatable bonds is 1. The molecule has 0 saturated heterocycles. The minimum Gasteiger partial charge on any atom is -0.354 e. The first kappa shape index (κ1) is 10.3. The van der Waals surface area contributed by atoms with E-state index in [1.165, 1.54) is 0 Å². The SMILES string of the molecule is CNC(=O)c1ccc2cncc(I)c2n1. The Kier molecular flexibility index (Phi) is 2.81. The van der Waals surface area contributed by atoms with Crippen molar-refractivity contribution in [1.29, 1.82) is 0 Å². The van der Waals surface area contributed by atoms with Gasteiger partial charge in [0, 0.05) is 24.8 Å². The van der Waals surface area contributed by atoms with Crippen molar-refractivity contribution in [2.75, 3.05) is 7.05 Å². The van der Waals surface area contributed by atoms with Crippen LogP contribution in [0.2, 0.25) is 0 Å². The van der Waals surface area contributed by atoms with E-state index < -0.39 is 0 Å². The number of hydrogen-bond acceptors (Lipinski definition) is 3. The van der Waals surface area contributed by atoms with Crippen molar-refractivity contribution in [2.45, 2.75) is 0 Å². The molecule has 1 amide bonds. The molecule has 0 saturated carbocycles. The van der Waals surface area contributed by atoms with Crippen molar-refractivity contribution in [2.24, 2.45) is 0 Å². The van der Waals surface area contributed by atoms with Crippen molar-refractivity contribution < 1.29 is 4.79 Å². The van der Waals surface area contributed by atoms with E-state index in [1.54, 1.807) is 25.5 Å². The van der Waals surface area contributed by atoms with Crippen molar-refractivity contribution in [3.8, 4) is 0 Å². The molecule has 15 heavy (non-hydrogen) atoms. The number of nitrogens with zero attached hydrogens (tertiary/aromatic N) is 2. The van der Waals surface area contributed by atoms with Gasteiger partial charge >= 0.3 is 0 Å². The molecule has 2 aromatic heterocycles. The molecule has 0 spiro atoms. The zero-order chi connectivity index (χ0) is 10.8. The fraction of sp³-hybridized carbons (Fsp3) is 0.100. The van der Waals surface area contributed by atoms with Crippen LogP contribution in [-0.4, -0.2) is 22.9 Å². The van der Waals surface area contributed by atoms with Crippen LogP contribution in [0.1, 0.15) is 10.5 Å². The summed E-state index contributed by atoms with van der Waals surface area (Å²) in [4.78, 5) is 19.7. The van der Waals surface area contributed by atoms with Crippen LogP contribution < -0.4 is 5.32 Å². The lowest BCUT2D eigenvalue weighted by atomic mass is 10.2. The fourth-order valence-electron chi connectivity index (χ4n) is 1.26. The number of aromatic nitrogens is 2. The van der Waals surface area contributed by atoms with Gasteiger partial charge in [0.15, 0.2) is 0 Å². The molecule has 0 aliphatic rings. The summed E-state index contributed by atoms with van der Waals surface area (Å²) in [6.07, 6.45) is 3.46. The predicted octanol–water partition coefficient (Wildman–Crippen LogP) is 1.59. The first-order valence-corrected chi connectivity index (χ1v) is 5.42. The van der Waals surface area contributed by atoms with Gasteiger partial charge in [-0.15, -0.1) is 0 Å². The lowest BCUT2D eigenvalue weighted by molar-refractivity contribution is 0.0958. The molecule has 1 N–H and O–H groups in total. The molecule has 5 heteroatoms. The average molecular weight is 313 g/mol. The van der Waals surface area contributed by atoms with Crippen LogP contribution in [0.25, 0.3) is 10.9 Å². The molecular weight excluding hydrogens is 305 g/mol. The van der Waals surface area contributed by atoms with Gasteiger partial charge in [0.05, 0.1) is 9.09 Å². The molecular formula is C10H8IN3O. The van der Waals surface area contributed by atoms with E-state index in [0.29, 0.717) is 5.69 Å². The average Bonchev–Trinajstić information content (AvgIpc) is 2.28. The van der Waals surface area contributed by atoms with Crippen LogP contribution in [0.4, 0.5) is 0 Å². The summed E-state index contributed by atoms with van der Waals surface area (Å²) in [6.45, 7) is 0. The Morgan fingerprint density at radius 2 is 2.20 bits per heavy atom. The summed E-state index contributed by atoms with van der Waals surface area (Å²) < 4.78 is 0.941. The van der Waals surface area contributed by atoms with Gasteiger partial charge in [-0.3, -0.25) is 9.78 Å². The largest absolute Gasteiger partial charge is 0.354 e. The number of carbonyl (C=O) groups excluding carboxylic acids is 1. The Hall–Kier alpha value is -1.24. The van der Waals surface area contributed by atoms with E-state index in [-0.39, 0.29) is 5.91 Å². The summed E-state index contributed by atoms with van der Waals surface area (Å²) in [5, 5.41) is 3.49. The maximum absolute atomic E-state index is 11.4. The molecule has 0 aliphatic heterocycles. The Morgan fingerprint density at radius 1 is 1.40 bits per heavy atom. The Balaban J connectivity index is 2.64. The smallest absolute Gasteiger partial charge is 0.269 e. The summed E-state index contributed by atoms with van der Waals surface area (Å²) in [6, 6.07) is 3.54. The topological polar surface area (TPSA) is 54.9 Å². The molecule has 0 aromatic carbocycles. The van der Waals surface area contributed by atoms with Crippen LogP contribution in [0.5, 0.6) is 0 Å². The van der Waals surface area contributed by atoms with Crippen molar-refractivity contribution in [1.82, 2.24) is 15.3 Å². The molecule has 4 nitrogen and oxygen atoms in total. The molecule has 2 aromatic rings. The first-order chi connectivity index (χ1) is 7.22. The third-order valence-electron chi connectivity index (χ3n) is 2.01. The molecule has 0 aliphatic carbocycles. The van der Waals surface area contributed by atoms with Gasteiger partial charge in [-0.05, 0) is 34.7 Å². The Bertz CT molecular complexity index is 527. The number of halogens is 1. The Morgan fingerprint density at radius 3 is 2.93 bits per heavy atom. The van der Waals surface area contributed by atoms with E-state index in [2.05, 4.69) is 37.9 Å². The van der Waals surface area contributed by atoms with Crippen LogP contribution >= 0.6 is 22.6 Å². The molecule has 0 unspecified atom stereocenters. The zero-order valence-corrected chi connectivity index (χ0v) is 10.1. The highest BCUT2D eigenvalue weighted by Gasteiger charge is 2.07. The minimum absolute atomic E-state index is 0.176. The molecule has 0 bridgehead atoms. The van der Waals surface area contributed by atoms with Gasteiger partial charge in [0.2, 0.25) is 0 Å². The summed E-state index contributed by atoms with van der Waals surface area (Å²) >= 11 is 2.15. The third-order valence-corrected chi connectivity index (χ3v) is 2.80. The quantitative estimate of drug-likeness (QED) is 0.814. The van der Waals surface area contributed by atoms with Gasteiger partial charge in [0.1, 0.15) is 5.69 Å². The van der Waals surface area contributed by atoms with Crippen LogP contribution in [-0.2, 0) is 0 Å². The van der Waals surface area contributed by atoms with Gasteiger partial charge in [-0.2, -0.15) is 0 Å². The second-order valence-corrected chi connectivity index (χ2v) is 4.13. The van der Waals surface area contributed by atoms with Gasteiger partial charge < -0.3 is 5.32 Å². The molecule has 0 atom stereocenters. The molecule has 76 valence electrons. The summed E-state index contributed by atoms with van der Waals surface area (Å²) in [5.74, 6) is -0.176. The second-order valence-electron chi connectivity index (χ2n) is 2.97. The molecule has 2 heterocycles. The maximum Gasteiger partial charge on any atom is 0.269 e. The standard InChI is InChI=1S/C10H8IN3O/c1-12-10(15)8-3-2-6-4-13-5-7(11)9(6)14-8/h2-5H,1H3,(H,12,15). The monoisotopic (exact) mass is 313 g/mol. The van der Waals surface area contributed by atoms with Gasteiger partial charge in [0.25, 0.3) is 5.91 Å². The third kappa shape index (κ3) is 1.92. The number of nitrogens with one attached hydrogen (secondary N) is 1.